The maximum absolute atomic E-state index is 12.2. The number of ether oxygens (including phenoxy) is 2. The lowest BCUT2D eigenvalue weighted by Gasteiger charge is -2.05. The van der Waals surface area contributed by atoms with Gasteiger partial charge in [-0.25, -0.2) is 4.99 Å². The number of carbonyl (C=O) groups excluding carboxylic acids is 1. The number of benzene rings is 2. The monoisotopic (exact) mass is 374 g/mol. The molecule has 1 aliphatic rings. The van der Waals surface area contributed by atoms with Crippen LogP contribution in [0.15, 0.2) is 52.4 Å². The van der Waals surface area contributed by atoms with E-state index < -0.39 is 0 Å². The standard InChI is InChI=1S/C18H15ClN2O3S/c1-23-13-5-3-4-11(8-13)9-16-17(22)21-18(25-16)20-14-10-12(19)6-7-15(14)24-2/h3-10H,1-2H3,(H,20,21,22)/b16-9-. The Morgan fingerprint density at radius 3 is 2.76 bits per heavy atom. The van der Waals surface area contributed by atoms with Gasteiger partial charge in [-0.05, 0) is 53.7 Å². The van der Waals surface area contributed by atoms with Crippen molar-refractivity contribution >= 4 is 46.2 Å². The molecular weight excluding hydrogens is 360 g/mol. The molecular formula is C18H15ClN2O3S. The fourth-order valence-corrected chi connectivity index (χ4v) is 3.22. The van der Waals surface area contributed by atoms with Gasteiger partial charge >= 0.3 is 0 Å². The molecule has 1 fully saturated rings. The molecule has 5 nitrogen and oxygen atoms in total. The number of carbonyl (C=O) groups is 1. The quantitative estimate of drug-likeness (QED) is 0.813. The van der Waals surface area contributed by atoms with Crippen molar-refractivity contribution in [2.24, 2.45) is 4.99 Å². The number of amidine groups is 1. The normalized spacial score (nSPS) is 17.0. The Labute approximate surface area is 154 Å². The first-order valence-electron chi connectivity index (χ1n) is 7.36. The highest BCUT2D eigenvalue weighted by atomic mass is 35.5. The summed E-state index contributed by atoms with van der Waals surface area (Å²) in [7, 11) is 3.16. The number of halogens is 1. The Balaban J connectivity index is 1.87. The molecule has 0 atom stereocenters. The van der Waals surface area contributed by atoms with Crippen LogP contribution in [0.1, 0.15) is 5.56 Å². The van der Waals surface area contributed by atoms with E-state index in [1.807, 2.05) is 24.3 Å². The number of amides is 1. The molecule has 2 aromatic rings. The molecule has 0 saturated carbocycles. The minimum atomic E-state index is -0.201. The molecule has 1 saturated heterocycles. The molecule has 0 spiro atoms. The average Bonchev–Trinajstić information content (AvgIpc) is 2.94. The van der Waals surface area contributed by atoms with Crippen molar-refractivity contribution < 1.29 is 14.3 Å². The maximum Gasteiger partial charge on any atom is 0.264 e. The molecule has 2 aromatic carbocycles. The van der Waals surface area contributed by atoms with Crippen molar-refractivity contribution in [2.75, 3.05) is 14.2 Å². The van der Waals surface area contributed by atoms with Crippen LogP contribution in [0.4, 0.5) is 5.69 Å². The number of aliphatic imine (C=N–C) groups is 1. The topological polar surface area (TPSA) is 59.9 Å². The van der Waals surface area contributed by atoms with Gasteiger partial charge < -0.3 is 14.8 Å². The smallest absolute Gasteiger partial charge is 0.264 e. The fraction of sp³-hybridized carbons (Fsp3) is 0.111. The first-order chi connectivity index (χ1) is 12.1. The minimum Gasteiger partial charge on any atom is -0.497 e. The second kappa shape index (κ2) is 7.63. The van der Waals surface area contributed by atoms with Gasteiger partial charge in [-0.3, -0.25) is 4.79 Å². The lowest BCUT2D eigenvalue weighted by molar-refractivity contribution is -0.115. The van der Waals surface area contributed by atoms with Gasteiger partial charge in [0.25, 0.3) is 5.91 Å². The average molecular weight is 375 g/mol. The van der Waals surface area contributed by atoms with E-state index in [0.29, 0.717) is 26.5 Å². The summed E-state index contributed by atoms with van der Waals surface area (Å²) in [4.78, 5) is 17.2. The van der Waals surface area contributed by atoms with Crippen LogP contribution in [0, 0.1) is 0 Å². The van der Waals surface area contributed by atoms with E-state index in [1.165, 1.54) is 11.8 Å². The summed E-state index contributed by atoms with van der Waals surface area (Å²) < 4.78 is 10.5. The van der Waals surface area contributed by atoms with Crippen LogP contribution >= 0.6 is 23.4 Å². The zero-order valence-corrected chi connectivity index (χ0v) is 15.1. The summed E-state index contributed by atoms with van der Waals surface area (Å²) in [6, 6.07) is 12.6. The summed E-state index contributed by atoms with van der Waals surface area (Å²) in [6.45, 7) is 0. The Kier molecular flexibility index (Phi) is 5.31. The Morgan fingerprint density at radius 2 is 2.00 bits per heavy atom. The number of methoxy groups -OCH3 is 2. The second-order valence-corrected chi connectivity index (χ2v) is 6.54. The summed E-state index contributed by atoms with van der Waals surface area (Å²) >= 11 is 7.27. The van der Waals surface area contributed by atoms with Gasteiger partial charge in [0.05, 0.1) is 19.1 Å². The zero-order chi connectivity index (χ0) is 17.8. The molecule has 1 aliphatic heterocycles. The fourth-order valence-electron chi connectivity index (χ4n) is 2.22. The third-order valence-corrected chi connectivity index (χ3v) is 4.55. The first kappa shape index (κ1) is 17.4. The van der Waals surface area contributed by atoms with E-state index in [9.17, 15) is 4.79 Å². The van der Waals surface area contributed by atoms with Gasteiger partial charge in [-0.15, -0.1) is 0 Å². The molecule has 1 amide bonds. The van der Waals surface area contributed by atoms with Crippen LogP contribution in [0.2, 0.25) is 5.02 Å². The second-order valence-electron chi connectivity index (χ2n) is 5.07. The number of nitrogens with one attached hydrogen (secondary N) is 1. The van der Waals surface area contributed by atoms with Crippen molar-refractivity contribution in [1.29, 1.82) is 0 Å². The van der Waals surface area contributed by atoms with Gasteiger partial charge in [0.2, 0.25) is 0 Å². The lowest BCUT2D eigenvalue weighted by Crippen LogP contribution is -2.19. The van der Waals surface area contributed by atoms with E-state index in [2.05, 4.69) is 10.3 Å². The Morgan fingerprint density at radius 1 is 1.16 bits per heavy atom. The van der Waals surface area contributed by atoms with Crippen LogP contribution in [0.3, 0.4) is 0 Å². The largest absolute Gasteiger partial charge is 0.497 e. The van der Waals surface area contributed by atoms with Crippen molar-refractivity contribution in [3.05, 3.63) is 58.0 Å². The Hall–Kier alpha value is -2.44. The lowest BCUT2D eigenvalue weighted by atomic mass is 10.2. The summed E-state index contributed by atoms with van der Waals surface area (Å²) in [5.74, 6) is 1.11. The van der Waals surface area contributed by atoms with Crippen molar-refractivity contribution in [1.82, 2.24) is 5.32 Å². The molecule has 0 aliphatic carbocycles. The van der Waals surface area contributed by atoms with Crippen LogP contribution < -0.4 is 14.8 Å². The SMILES string of the molecule is COc1cccc(/C=C2\SC(=Nc3cc(Cl)ccc3OC)NC2=O)c1. The Bertz CT molecular complexity index is 880. The van der Waals surface area contributed by atoms with Gasteiger partial charge in [0, 0.05) is 5.02 Å². The molecule has 7 heteroatoms. The van der Waals surface area contributed by atoms with Crippen molar-refractivity contribution in [3.63, 3.8) is 0 Å². The molecule has 128 valence electrons. The number of thioether (sulfide) groups is 1. The van der Waals surface area contributed by atoms with E-state index in [4.69, 9.17) is 21.1 Å². The molecule has 25 heavy (non-hydrogen) atoms. The van der Waals surface area contributed by atoms with E-state index in [1.54, 1.807) is 38.5 Å². The van der Waals surface area contributed by atoms with Crippen LogP contribution in [0.5, 0.6) is 11.5 Å². The molecule has 0 radical (unpaired) electrons. The highest BCUT2D eigenvalue weighted by molar-refractivity contribution is 8.18. The molecule has 0 bridgehead atoms. The van der Waals surface area contributed by atoms with Crippen LogP contribution in [-0.2, 0) is 4.79 Å². The number of hydrogen-bond donors (Lipinski definition) is 1. The highest BCUT2D eigenvalue weighted by Crippen LogP contribution is 2.34. The van der Waals surface area contributed by atoms with Gasteiger partial charge in [0.15, 0.2) is 5.17 Å². The predicted octanol–water partition coefficient (Wildman–Crippen LogP) is 4.25. The van der Waals surface area contributed by atoms with Gasteiger partial charge in [-0.1, -0.05) is 23.7 Å². The van der Waals surface area contributed by atoms with Crippen molar-refractivity contribution in [3.8, 4) is 11.5 Å². The van der Waals surface area contributed by atoms with Gasteiger partial charge in [-0.2, -0.15) is 0 Å². The zero-order valence-electron chi connectivity index (χ0n) is 13.6. The van der Waals surface area contributed by atoms with E-state index in [0.717, 1.165) is 11.3 Å². The number of nitrogens with zero attached hydrogens (tertiary/aromatic N) is 1. The number of rotatable bonds is 4. The summed E-state index contributed by atoms with van der Waals surface area (Å²) in [5.41, 5.74) is 1.43. The summed E-state index contributed by atoms with van der Waals surface area (Å²) in [6.07, 6.45) is 1.79. The minimum absolute atomic E-state index is 0.201. The van der Waals surface area contributed by atoms with Crippen molar-refractivity contribution in [2.45, 2.75) is 0 Å². The van der Waals surface area contributed by atoms with Crippen LogP contribution in [-0.4, -0.2) is 25.3 Å². The van der Waals surface area contributed by atoms with Gasteiger partial charge in [0.1, 0.15) is 17.2 Å². The molecule has 3 rings (SSSR count). The number of hydrogen-bond acceptors (Lipinski definition) is 5. The molecule has 0 unspecified atom stereocenters. The third kappa shape index (κ3) is 4.15. The van der Waals surface area contributed by atoms with E-state index >= 15 is 0 Å². The predicted molar refractivity (Wildman–Crippen MR) is 102 cm³/mol. The molecule has 1 heterocycles. The molecule has 1 N–H and O–H groups in total. The third-order valence-electron chi connectivity index (χ3n) is 3.41. The summed E-state index contributed by atoms with van der Waals surface area (Å²) in [5, 5.41) is 3.76. The highest BCUT2D eigenvalue weighted by Gasteiger charge is 2.24. The maximum atomic E-state index is 12.2. The first-order valence-corrected chi connectivity index (χ1v) is 8.55. The van der Waals surface area contributed by atoms with Crippen LogP contribution in [0.25, 0.3) is 6.08 Å². The van der Waals surface area contributed by atoms with E-state index in [-0.39, 0.29) is 5.91 Å². The molecule has 0 aromatic heterocycles.